The Morgan fingerprint density at radius 2 is 2.33 bits per heavy atom. The van der Waals surface area contributed by atoms with E-state index in [-0.39, 0.29) is 6.10 Å². The van der Waals surface area contributed by atoms with Crippen LogP contribution < -0.4 is 0 Å². The van der Waals surface area contributed by atoms with Crippen LogP contribution in [0, 0.1) is 13.8 Å². The molecule has 0 fully saturated rings. The van der Waals surface area contributed by atoms with Crippen molar-refractivity contribution in [3.63, 3.8) is 0 Å². The van der Waals surface area contributed by atoms with Gasteiger partial charge in [-0.05, 0) is 19.9 Å². The van der Waals surface area contributed by atoms with Crippen LogP contribution >= 0.6 is 0 Å². The predicted octanol–water partition coefficient (Wildman–Crippen LogP) is 2.27. The summed E-state index contributed by atoms with van der Waals surface area (Å²) in [6.07, 6.45) is 4.52. The highest BCUT2D eigenvalue weighted by molar-refractivity contribution is 5.08. The van der Waals surface area contributed by atoms with Crippen molar-refractivity contribution >= 4 is 0 Å². The number of aryl methyl sites for hydroxylation is 2. The Bertz CT molecular complexity index is 287. The molecule has 0 bridgehead atoms. The summed E-state index contributed by atoms with van der Waals surface area (Å²) in [4.78, 5) is 4.26. The highest BCUT2D eigenvalue weighted by Gasteiger charge is 2.20. The fourth-order valence-corrected chi connectivity index (χ4v) is 1.18. The Balaban J connectivity index is 2.23. The van der Waals surface area contributed by atoms with Gasteiger partial charge in [-0.15, -0.1) is 0 Å². The highest BCUT2D eigenvalue weighted by atomic mass is 16.5. The van der Waals surface area contributed by atoms with E-state index in [2.05, 4.69) is 4.98 Å². The number of hydrogen-bond donors (Lipinski definition) is 0. The summed E-state index contributed by atoms with van der Waals surface area (Å²) in [5.74, 6) is 1.57. The second-order valence-corrected chi connectivity index (χ2v) is 2.93. The molecule has 64 valence electrons. The molecule has 12 heavy (non-hydrogen) atoms. The fraction of sp³-hybridized carbons (Fsp3) is 0.444. The molecule has 1 aliphatic heterocycles. The van der Waals surface area contributed by atoms with Crippen LogP contribution in [0.4, 0.5) is 0 Å². The van der Waals surface area contributed by atoms with Crippen molar-refractivity contribution in [3.8, 4) is 0 Å². The van der Waals surface area contributed by atoms with Crippen LogP contribution in [0.25, 0.3) is 0 Å². The monoisotopic (exact) mass is 165 g/mol. The quantitative estimate of drug-likeness (QED) is 0.640. The van der Waals surface area contributed by atoms with Gasteiger partial charge in [0.2, 0.25) is 5.89 Å². The molecular weight excluding hydrogens is 154 g/mol. The summed E-state index contributed by atoms with van der Waals surface area (Å²) < 4.78 is 10.7. The lowest BCUT2D eigenvalue weighted by molar-refractivity contribution is 0.140. The van der Waals surface area contributed by atoms with Gasteiger partial charge in [-0.25, -0.2) is 4.98 Å². The first kappa shape index (κ1) is 7.40. The number of hydrogen-bond acceptors (Lipinski definition) is 3. The smallest absolute Gasteiger partial charge is 0.236 e. The molecule has 1 aromatic heterocycles. The van der Waals surface area contributed by atoms with Crippen molar-refractivity contribution in [2.75, 3.05) is 0 Å². The van der Waals surface area contributed by atoms with E-state index in [1.165, 1.54) is 0 Å². The van der Waals surface area contributed by atoms with Gasteiger partial charge in [-0.2, -0.15) is 0 Å². The van der Waals surface area contributed by atoms with E-state index in [9.17, 15) is 0 Å². The molecule has 2 heterocycles. The van der Waals surface area contributed by atoms with E-state index in [0.717, 1.165) is 17.9 Å². The van der Waals surface area contributed by atoms with Gasteiger partial charge in [0, 0.05) is 6.42 Å². The third-order valence-electron chi connectivity index (χ3n) is 2.01. The van der Waals surface area contributed by atoms with E-state index in [1.807, 2.05) is 19.9 Å². The van der Waals surface area contributed by atoms with Crippen LogP contribution in [0.2, 0.25) is 0 Å². The molecule has 3 nitrogen and oxygen atoms in total. The summed E-state index contributed by atoms with van der Waals surface area (Å²) in [7, 11) is 0. The van der Waals surface area contributed by atoms with Crippen LogP contribution in [0.3, 0.4) is 0 Å². The second-order valence-electron chi connectivity index (χ2n) is 2.93. The van der Waals surface area contributed by atoms with Gasteiger partial charge in [0.1, 0.15) is 5.76 Å². The zero-order valence-electron chi connectivity index (χ0n) is 7.20. The van der Waals surface area contributed by atoms with E-state index < -0.39 is 0 Å². The largest absolute Gasteiger partial charge is 0.488 e. The number of rotatable bonds is 1. The summed E-state index contributed by atoms with van der Waals surface area (Å²) in [5.41, 5.74) is 0.945. The minimum atomic E-state index is -0.00241. The van der Waals surface area contributed by atoms with E-state index in [1.54, 1.807) is 6.26 Å². The minimum Gasteiger partial charge on any atom is -0.488 e. The third kappa shape index (κ3) is 1.11. The summed E-state index contributed by atoms with van der Waals surface area (Å²) in [6, 6.07) is 0. The highest BCUT2D eigenvalue weighted by Crippen LogP contribution is 2.26. The van der Waals surface area contributed by atoms with Gasteiger partial charge < -0.3 is 9.15 Å². The van der Waals surface area contributed by atoms with Gasteiger partial charge in [-0.1, -0.05) is 0 Å². The molecule has 1 unspecified atom stereocenters. The Hall–Kier alpha value is -1.25. The van der Waals surface area contributed by atoms with Gasteiger partial charge in [0.05, 0.1) is 12.0 Å². The van der Waals surface area contributed by atoms with Gasteiger partial charge >= 0.3 is 0 Å². The van der Waals surface area contributed by atoms with E-state index >= 15 is 0 Å². The summed E-state index contributed by atoms with van der Waals surface area (Å²) in [6.45, 7) is 3.85. The average molecular weight is 165 g/mol. The number of nitrogens with zero attached hydrogens (tertiary/aromatic N) is 1. The van der Waals surface area contributed by atoms with Crippen LogP contribution in [-0.4, -0.2) is 4.98 Å². The normalized spacial score (nSPS) is 21.3. The van der Waals surface area contributed by atoms with Crippen LogP contribution in [0.15, 0.2) is 16.8 Å². The standard InChI is InChI=1S/C9H11NO2/c1-6-7(2)12-9(10-6)8-4-3-5-11-8/h3,5,8H,4H2,1-2H3. The molecule has 0 spiro atoms. The zero-order chi connectivity index (χ0) is 8.55. The lowest BCUT2D eigenvalue weighted by Crippen LogP contribution is -1.94. The first-order valence-electron chi connectivity index (χ1n) is 4.02. The van der Waals surface area contributed by atoms with Crippen molar-refractivity contribution in [2.45, 2.75) is 26.4 Å². The van der Waals surface area contributed by atoms with Crippen molar-refractivity contribution in [1.82, 2.24) is 4.98 Å². The average Bonchev–Trinajstić information content (AvgIpc) is 2.61. The lowest BCUT2D eigenvalue weighted by Gasteiger charge is -2.03. The Kier molecular flexibility index (Phi) is 1.64. The maximum absolute atomic E-state index is 5.42. The molecular formula is C9H11NO2. The molecule has 0 amide bonds. The fourth-order valence-electron chi connectivity index (χ4n) is 1.18. The summed E-state index contributed by atoms with van der Waals surface area (Å²) in [5, 5.41) is 0. The van der Waals surface area contributed by atoms with Crippen LogP contribution in [0.1, 0.15) is 29.9 Å². The maximum atomic E-state index is 5.42. The minimum absolute atomic E-state index is 0.00241. The van der Waals surface area contributed by atoms with E-state index in [4.69, 9.17) is 9.15 Å². The molecule has 0 saturated carbocycles. The van der Waals surface area contributed by atoms with Crippen LogP contribution in [-0.2, 0) is 4.74 Å². The van der Waals surface area contributed by atoms with Crippen molar-refractivity contribution in [1.29, 1.82) is 0 Å². The third-order valence-corrected chi connectivity index (χ3v) is 2.01. The van der Waals surface area contributed by atoms with Gasteiger partial charge in [0.15, 0.2) is 6.10 Å². The Morgan fingerprint density at radius 3 is 2.83 bits per heavy atom. The van der Waals surface area contributed by atoms with Crippen molar-refractivity contribution in [2.24, 2.45) is 0 Å². The van der Waals surface area contributed by atoms with Crippen LogP contribution in [0.5, 0.6) is 0 Å². The number of ether oxygens (including phenoxy) is 1. The Morgan fingerprint density at radius 1 is 1.50 bits per heavy atom. The zero-order valence-corrected chi connectivity index (χ0v) is 7.20. The summed E-state index contributed by atoms with van der Waals surface area (Å²) >= 11 is 0. The predicted molar refractivity (Wildman–Crippen MR) is 43.6 cm³/mol. The van der Waals surface area contributed by atoms with Crippen molar-refractivity contribution in [3.05, 3.63) is 29.7 Å². The molecule has 1 aromatic rings. The molecule has 0 radical (unpaired) electrons. The van der Waals surface area contributed by atoms with Gasteiger partial charge in [0.25, 0.3) is 0 Å². The lowest BCUT2D eigenvalue weighted by atomic mass is 10.3. The second kappa shape index (κ2) is 2.66. The number of oxazole rings is 1. The van der Waals surface area contributed by atoms with Crippen molar-refractivity contribution < 1.29 is 9.15 Å². The first-order valence-corrected chi connectivity index (χ1v) is 4.02. The SMILES string of the molecule is Cc1nc(C2CC=CO2)oc1C. The molecule has 3 heteroatoms. The molecule has 1 atom stereocenters. The van der Waals surface area contributed by atoms with E-state index in [0.29, 0.717) is 5.89 Å². The first-order chi connectivity index (χ1) is 5.77. The number of aromatic nitrogens is 1. The molecule has 0 aromatic carbocycles. The molecule has 0 N–H and O–H groups in total. The maximum Gasteiger partial charge on any atom is 0.236 e. The van der Waals surface area contributed by atoms with Gasteiger partial charge in [-0.3, -0.25) is 0 Å². The molecule has 0 aliphatic carbocycles. The molecule has 2 rings (SSSR count). The topological polar surface area (TPSA) is 35.3 Å². The molecule has 1 aliphatic rings. The Labute approximate surface area is 71.1 Å². The molecule has 0 saturated heterocycles.